The minimum atomic E-state index is -0.0931. The van der Waals surface area contributed by atoms with E-state index < -0.39 is 0 Å². The summed E-state index contributed by atoms with van der Waals surface area (Å²) in [6.45, 7) is 4.96. The highest BCUT2D eigenvalue weighted by Gasteiger charge is 2.15. The van der Waals surface area contributed by atoms with Crippen molar-refractivity contribution < 1.29 is 5.11 Å². The Kier molecular flexibility index (Phi) is 4.14. The van der Waals surface area contributed by atoms with Gasteiger partial charge >= 0.3 is 0 Å². The quantitative estimate of drug-likeness (QED) is 0.945. The molecule has 0 aliphatic heterocycles. The molecule has 0 unspecified atom stereocenters. The maximum atomic E-state index is 9.33. The molecule has 1 heterocycles. The van der Waals surface area contributed by atoms with E-state index in [1.807, 2.05) is 28.8 Å². The van der Waals surface area contributed by atoms with Crippen molar-refractivity contribution >= 4 is 15.9 Å². The molecule has 0 radical (unpaired) electrons. The molecule has 2 aromatic rings. The Morgan fingerprint density at radius 2 is 2.00 bits per heavy atom. The molecule has 1 N–H and O–H groups in total. The van der Waals surface area contributed by atoms with Crippen LogP contribution >= 0.6 is 15.9 Å². The summed E-state index contributed by atoms with van der Waals surface area (Å²) in [7, 11) is 0. The van der Waals surface area contributed by atoms with Gasteiger partial charge in [-0.2, -0.15) is 0 Å². The fraction of sp³-hybridized carbons (Fsp3) is 0.385. The van der Waals surface area contributed by atoms with Crippen LogP contribution in [0.2, 0.25) is 0 Å². The van der Waals surface area contributed by atoms with E-state index in [-0.39, 0.29) is 6.61 Å². The second-order valence-electron chi connectivity index (χ2n) is 4.58. The van der Waals surface area contributed by atoms with E-state index in [4.69, 9.17) is 0 Å². The molecule has 0 saturated carbocycles. The summed E-state index contributed by atoms with van der Waals surface area (Å²) in [5.41, 5.74) is 0.991. The van der Waals surface area contributed by atoms with Gasteiger partial charge in [-0.1, -0.05) is 48.0 Å². The van der Waals surface area contributed by atoms with E-state index in [2.05, 4.69) is 40.0 Å². The van der Waals surface area contributed by atoms with Crippen molar-refractivity contribution in [3.8, 4) is 11.4 Å². The highest BCUT2D eigenvalue weighted by molar-refractivity contribution is 9.10. The lowest BCUT2D eigenvalue weighted by molar-refractivity contribution is 0.262. The molecular weight excluding hydrogens is 294 g/mol. The molecule has 18 heavy (non-hydrogen) atoms. The number of halogens is 1. The Bertz CT molecular complexity index is 537. The minimum absolute atomic E-state index is 0.0931. The summed E-state index contributed by atoms with van der Waals surface area (Å²) in [6.07, 6.45) is 0. The molecule has 1 aromatic heterocycles. The number of rotatable bonds is 4. The average Bonchev–Trinajstić information content (AvgIpc) is 2.72. The summed E-state index contributed by atoms with van der Waals surface area (Å²) in [6, 6.07) is 7.89. The Hall–Kier alpha value is -1.20. The summed E-state index contributed by atoms with van der Waals surface area (Å²) < 4.78 is 2.96. The van der Waals surface area contributed by atoms with Crippen LogP contribution in [0.1, 0.15) is 19.7 Å². The van der Waals surface area contributed by atoms with Crippen LogP contribution in [0.4, 0.5) is 0 Å². The molecular formula is C13H16BrN3O. The lowest BCUT2D eigenvalue weighted by Gasteiger charge is -2.12. The van der Waals surface area contributed by atoms with Gasteiger partial charge in [0, 0.05) is 16.6 Å². The monoisotopic (exact) mass is 309 g/mol. The van der Waals surface area contributed by atoms with Crippen LogP contribution in [-0.2, 0) is 13.2 Å². The van der Waals surface area contributed by atoms with Crippen molar-refractivity contribution in [1.82, 2.24) is 14.8 Å². The highest BCUT2D eigenvalue weighted by Crippen LogP contribution is 2.27. The van der Waals surface area contributed by atoms with E-state index >= 15 is 0 Å². The predicted octanol–water partition coefficient (Wildman–Crippen LogP) is 2.86. The molecule has 0 aliphatic rings. The van der Waals surface area contributed by atoms with Crippen LogP contribution in [0, 0.1) is 5.92 Å². The van der Waals surface area contributed by atoms with Gasteiger partial charge in [0.25, 0.3) is 0 Å². The summed E-state index contributed by atoms with van der Waals surface area (Å²) in [4.78, 5) is 0. The lowest BCUT2D eigenvalue weighted by Crippen LogP contribution is -2.10. The molecule has 0 atom stereocenters. The van der Waals surface area contributed by atoms with Crippen molar-refractivity contribution in [1.29, 1.82) is 0 Å². The number of aliphatic hydroxyl groups is 1. The van der Waals surface area contributed by atoms with E-state index in [0.29, 0.717) is 11.7 Å². The van der Waals surface area contributed by atoms with Crippen LogP contribution in [0.15, 0.2) is 28.7 Å². The molecule has 4 nitrogen and oxygen atoms in total. The van der Waals surface area contributed by atoms with Gasteiger partial charge in [0.2, 0.25) is 0 Å². The average molecular weight is 310 g/mol. The molecule has 0 amide bonds. The Balaban J connectivity index is 2.51. The zero-order valence-electron chi connectivity index (χ0n) is 10.5. The van der Waals surface area contributed by atoms with Crippen LogP contribution in [-0.4, -0.2) is 19.9 Å². The van der Waals surface area contributed by atoms with Crippen LogP contribution in [0.25, 0.3) is 11.4 Å². The van der Waals surface area contributed by atoms with E-state index in [9.17, 15) is 5.11 Å². The normalized spacial score (nSPS) is 11.2. The van der Waals surface area contributed by atoms with E-state index in [1.165, 1.54) is 0 Å². The van der Waals surface area contributed by atoms with Crippen molar-refractivity contribution in [2.45, 2.75) is 27.0 Å². The maximum Gasteiger partial charge on any atom is 0.165 e. The Labute approximate surface area is 115 Å². The van der Waals surface area contributed by atoms with Gasteiger partial charge in [0.05, 0.1) is 0 Å². The maximum absolute atomic E-state index is 9.33. The first-order chi connectivity index (χ1) is 8.63. The molecule has 0 spiro atoms. The van der Waals surface area contributed by atoms with Crippen LogP contribution in [0.3, 0.4) is 0 Å². The van der Waals surface area contributed by atoms with Gasteiger partial charge in [0.15, 0.2) is 11.6 Å². The summed E-state index contributed by atoms with van der Waals surface area (Å²) in [5.74, 6) is 1.86. The molecule has 2 rings (SSSR count). The van der Waals surface area contributed by atoms with Gasteiger partial charge in [-0.15, -0.1) is 10.2 Å². The fourth-order valence-corrected chi connectivity index (χ4v) is 2.31. The highest BCUT2D eigenvalue weighted by atomic mass is 79.9. The van der Waals surface area contributed by atoms with Crippen molar-refractivity contribution in [3.63, 3.8) is 0 Å². The zero-order valence-corrected chi connectivity index (χ0v) is 12.1. The van der Waals surface area contributed by atoms with E-state index in [0.717, 1.165) is 22.4 Å². The largest absolute Gasteiger partial charge is 0.388 e. The topological polar surface area (TPSA) is 50.9 Å². The van der Waals surface area contributed by atoms with Gasteiger partial charge in [-0.25, -0.2) is 0 Å². The number of hydrogen-bond acceptors (Lipinski definition) is 3. The van der Waals surface area contributed by atoms with Gasteiger partial charge in [-0.3, -0.25) is 0 Å². The summed E-state index contributed by atoms with van der Waals surface area (Å²) in [5, 5.41) is 17.6. The smallest absolute Gasteiger partial charge is 0.165 e. The van der Waals surface area contributed by atoms with E-state index in [1.54, 1.807) is 0 Å². The van der Waals surface area contributed by atoms with Crippen molar-refractivity contribution in [2.24, 2.45) is 5.92 Å². The molecule has 0 fully saturated rings. The number of nitrogens with zero attached hydrogens (tertiary/aromatic N) is 3. The number of hydrogen-bond donors (Lipinski definition) is 1. The second kappa shape index (κ2) is 5.63. The molecule has 0 bridgehead atoms. The van der Waals surface area contributed by atoms with Gasteiger partial charge in [0.1, 0.15) is 6.61 Å². The van der Waals surface area contributed by atoms with Crippen LogP contribution in [0.5, 0.6) is 0 Å². The predicted molar refractivity (Wildman–Crippen MR) is 73.9 cm³/mol. The third-order valence-corrected chi connectivity index (χ3v) is 3.32. The second-order valence-corrected chi connectivity index (χ2v) is 5.44. The third-order valence-electron chi connectivity index (χ3n) is 2.63. The molecule has 0 saturated heterocycles. The lowest BCUT2D eigenvalue weighted by atomic mass is 10.2. The fourth-order valence-electron chi connectivity index (χ4n) is 1.85. The standard InChI is InChI=1S/C13H16BrN3O/c1-9(2)7-17-12(8-18)15-16-13(17)10-5-3-4-6-11(10)14/h3-6,9,18H,7-8H2,1-2H3. The third kappa shape index (κ3) is 2.62. The molecule has 1 aromatic carbocycles. The number of aliphatic hydroxyl groups excluding tert-OH is 1. The zero-order chi connectivity index (χ0) is 13.1. The molecule has 0 aliphatic carbocycles. The van der Waals surface area contributed by atoms with Gasteiger partial charge in [-0.05, 0) is 12.0 Å². The number of benzene rings is 1. The number of aromatic nitrogens is 3. The first kappa shape index (κ1) is 13.2. The SMILES string of the molecule is CC(C)Cn1c(CO)nnc1-c1ccccc1Br. The Morgan fingerprint density at radius 1 is 1.28 bits per heavy atom. The van der Waals surface area contributed by atoms with Crippen molar-refractivity contribution in [3.05, 3.63) is 34.6 Å². The van der Waals surface area contributed by atoms with Crippen molar-refractivity contribution in [2.75, 3.05) is 0 Å². The first-order valence-corrected chi connectivity index (χ1v) is 6.70. The molecule has 96 valence electrons. The van der Waals surface area contributed by atoms with Gasteiger partial charge < -0.3 is 9.67 Å². The Morgan fingerprint density at radius 3 is 2.61 bits per heavy atom. The summed E-state index contributed by atoms with van der Waals surface area (Å²) >= 11 is 3.52. The van der Waals surface area contributed by atoms with Crippen LogP contribution < -0.4 is 0 Å². The minimum Gasteiger partial charge on any atom is -0.388 e. The molecule has 5 heteroatoms. The first-order valence-electron chi connectivity index (χ1n) is 5.91.